The molecule has 100 valence electrons. The molecule has 0 aliphatic carbocycles. The minimum absolute atomic E-state index is 0.292. The summed E-state index contributed by atoms with van der Waals surface area (Å²) in [6.07, 6.45) is 2.32. The fraction of sp³-hybridized carbons (Fsp3) is 0.917. The smallest absolute Gasteiger partial charge is 0.238 e. The van der Waals surface area contributed by atoms with Crippen LogP contribution >= 0.6 is 0 Å². The van der Waals surface area contributed by atoms with Crippen LogP contribution in [-0.4, -0.2) is 68.1 Å². The second-order valence-electron chi connectivity index (χ2n) is 5.40. The van der Waals surface area contributed by atoms with Gasteiger partial charge in [-0.2, -0.15) is 0 Å². The van der Waals surface area contributed by atoms with Gasteiger partial charge in [0, 0.05) is 12.6 Å². The fourth-order valence-electron chi connectivity index (χ4n) is 2.34. The minimum atomic E-state index is -0.641. The molecule has 5 heteroatoms. The number of likely N-dealkylation sites (tertiary alicyclic amines) is 1. The number of rotatable bonds is 5. The number of amides is 1. The van der Waals surface area contributed by atoms with Crippen molar-refractivity contribution in [2.45, 2.75) is 31.3 Å². The first kappa shape index (κ1) is 14.4. The topological polar surface area (TPSA) is 61.6 Å². The molecule has 17 heavy (non-hydrogen) atoms. The predicted octanol–water partition coefficient (Wildman–Crippen LogP) is -0.524. The number of carbonyl (C=O) groups excluding carboxylic acids is 1. The Hall–Kier alpha value is -0.650. The maximum Gasteiger partial charge on any atom is 0.238 e. The van der Waals surface area contributed by atoms with E-state index in [1.54, 1.807) is 7.05 Å². The van der Waals surface area contributed by atoms with E-state index in [0.717, 1.165) is 25.9 Å². The Morgan fingerprint density at radius 1 is 1.53 bits per heavy atom. The number of nitrogens with zero attached hydrogens (tertiary/aromatic N) is 2. The third-order valence-electron chi connectivity index (χ3n) is 3.97. The Morgan fingerprint density at radius 2 is 2.06 bits per heavy atom. The summed E-state index contributed by atoms with van der Waals surface area (Å²) in [5.41, 5.74) is 4.80. The van der Waals surface area contributed by atoms with E-state index in [9.17, 15) is 4.79 Å². The van der Waals surface area contributed by atoms with Crippen molar-refractivity contribution in [2.24, 2.45) is 5.73 Å². The highest BCUT2D eigenvalue weighted by Gasteiger charge is 2.33. The maximum absolute atomic E-state index is 11.4. The molecule has 1 aliphatic heterocycles. The molecule has 1 fully saturated rings. The molecule has 0 saturated carbocycles. The van der Waals surface area contributed by atoms with Crippen molar-refractivity contribution in [2.75, 3.05) is 40.8 Å². The van der Waals surface area contributed by atoms with Crippen molar-refractivity contribution in [1.82, 2.24) is 15.1 Å². The van der Waals surface area contributed by atoms with Crippen LogP contribution in [-0.2, 0) is 4.79 Å². The zero-order valence-electron chi connectivity index (χ0n) is 11.5. The highest BCUT2D eigenvalue weighted by atomic mass is 16.1. The standard InChI is InChI=1S/C12H26N4O/c1-12(14-2,11(13)17)9-16(4)10-5-7-15(3)8-6-10/h10,14H,5-9H2,1-4H3,(H2,13,17). The van der Waals surface area contributed by atoms with Crippen LogP contribution in [0.15, 0.2) is 0 Å². The molecule has 1 atom stereocenters. The van der Waals surface area contributed by atoms with E-state index in [2.05, 4.69) is 29.2 Å². The molecule has 1 rings (SSSR count). The van der Waals surface area contributed by atoms with Crippen LogP contribution in [0.3, 0.4) is 0 Å². The monoisotopic (exact) mass is 242 g/mol. The zero-order valence-corrected chi connectivity index (χ0v) is 11.5. The van der Waals surface area contributed by atoms with Gasteiger partial charge in [0.15, 0.2) is 0 Å². The lowest BCUT2D eigenvalue weighted by Gasteiger charge is -2.39. The number of nitrogens with two attached hydrogens (primary N) is 1. The van der Waals surface area contributed by atoms with Crippen LogP contribution < -0.4 is 11.1 Å². The van der Waals surface area contributed by atoms with Gasteiger partial charge in [-0.15, -0.1) is 0 Å². The predicted molar refractivity (Wildman–Crippen MR) is 69.8 cm³/mol. The Bertz CT molecular complexity index is 263. The van der Waals surface area contributed by atoms with E-state index in [4.69, 9.17) is 5.73 Å². The number of primary amides is 1. The molecule has 1 amide bonds. The summed E-state index contributed by atoms with van der Waals surface area (Å²) < 4.78 is 0. The third kappa shape index (κ3) is 3.66. The van der Waals surface area contributed by atoms with Gasteiger partial charge in [-0.05, 0) is 54.0 Å². The summed E-state index contributed by atoms with van der Waals surface area (Å²) in [5, 5.41) is 3.03. The first-order chi connectivity index (χ1) is 7.89. The summed E-state index contributed by atoms with van der Waals surface area (Å²) in [6, 6.07) is 0.554. The Morgan fingerprint density at radius 3 is 2.47 bits per heavy atom. The first-order valence-corrected chi connectivity index (χ1v) is 6.26. The number of nitrogens with one attached hydrogen (secondary N) is 1. The van der Waals surface area contributed by atoms with Gasteiger partial charge in [-0.3, -0.25) is 4.79 Å². The molecular weight excluding hydrogens is 216 g/mol. The van der Waals surface area contributed by atoms with Gasteiger partial charge < -0.3 is 20.9 Å². The van der Waals surface area contributed by atoms with E-state index in [1.807, 2.05) is 6.92 Å². The second kappa shape index (κ2) is 5.80. The first-order valence-electron chi connectivity index (χ1n) is 6.26. The van der Waals surface area contributed by atoms with Gasteiger partial charge in [0.05, 0.1) is 0 Å². The summed E-state index contributed by atoms with van der Waals surface area (Å²) in [7, 11) is 6.01. The summed E-state index contributed by atoms with van der Waals surface area (Å²) in [6.45, 7) is 4.78. The number of carbonyl (C=O) groups is 1. The van der Waals surface area contributed by atoms with Gasteiger partial charge in [0.25, 0.3) is 0 Å². The molecule has 1 saturated heterocycles. The van der Waals surface area contributed by atoms with Crippen LogP contribution in [0.4, 0.5) is 0 Å². The maximum atomic E-state index is 11.4. The normalized spacial score (nSPS) is 22.6. The Balaban J connectivity index is 2.53. The van der Waals surface area contributed by atoms with Gasteiger partial charge >= 0.3 is 0 Å². The van der Waals surface area contributed by atoms with Crippen LogP contribution in [0.1, 0.15) is 19.8 Å². The van der Waals surface area contributed by atoms with Gasteiger partial charge in [0.1, 0.15) is 5.54 Å². The number of likely N-dealkylation sites (N-methyl/N-ethyl adjacent to an activating group) is 2. The molecule has 1 aliphatic rings. The van der Waals surface area contributed by atoms with Crippen molar-refractivity contribution in [3.8, 4) is 0 Å². The molecule has 3 N–H and O–H groups in total. The highest BCUT2D eigenvalue weighted by molar-refractivity contribution is 5.84. The Kier molecular flexibility index (Phi) is 4.91. The van der Waals surface area contributed by atoms with E-state index >= 15 is 0 Å². The number of hydrogen-bond donors (Lipinski definition) is 2. The van der Waals surface area contributed by atoms with Crippen molar-refractivity contribution in [3.05, 3.63) is 0 Å². The minimum Gasteiger partial charge on any atom is -0.368 e. The van der Waals surface area contributed by atoms with Crippen LogP contribution in [0.5, 0.6) is 0 Å². The van der Waals surface area contributed by atoms with Crippen molar-refractivity contribution < 1.29 is 4.79 Å². The molecule has 0 aromatic carbocycles. The molecule has 1 heterocycles. The largest absolute Gasteiger partial charge is 0.368 e. The van der Waals surface area contributed by atoms with Gasteiger partial charge in [-0.25, -0.2) is 0 Å². The Labute approximate surface area is 104 Å². The lowest BCUT2D eigenvalue weighted by molar-refractivity contribution is -0.124. The van der Waals surface area contributed by atoms with Crippen molar-refractivity contribution in [1.29, 1.82) is 0 Å². The summed E-state index contributed by atoms with van der Waals surface area (Å²) in [5.74, 6) is -0.292. The molecular formula is C12H26N4O. The molecule has 0 spiro atoms. The number of piperidine rings is 1. The van der Waals surface area contributed by atoms with Crippen LogP contribution in [0.25, 0.3) is 0 Å². The van der Waals surface area contributed by atoms with Gasteiger partial charge in [-0.1, -0.05) is 0 Å². The average molecular weight is 242 g/mol. The average Bonchev–Trinajstić information content (AvgIpc) is 2.29. The molecule has 5 nitrogen and oxygen atoms in total. The zero-order chi connectivity index (χ0) is 13.1. The third-order valence-corrected chi connectivity index (χ3v) is 3.97. The van der Waals surface area contributed by atoms with Gasteiger partial charge in [0.2, 0.25) is 5.91 Å². The second-order valence-corrected chi connectivity index (χ2v) is 5.40. The molecule has 0 aromatic rings. The van der Waals surface area contributed by atoms with E-state index in [0.29, 0.717) is 12.6 Å². The van der Waals surface area contributed by atoms with E-state index < -0.39 is 5.54 Å². The van der Waals surface area contributed by atoms with Crippen LogP contribution in [0, 0.1) is 0 Å². The van der Waals surface area contributed by atoms with Crippen molar-refractivity contribution >= 4 is 5.91 Å². The van der Waals surface area contributed by atoms with Crippen molar-refractivity contribution in [3.63, 3.8) is 0 Å². The molecule has 0 radical (unpaired) electrons. The SMILES string of the molecule is CNC(C)(CN(C)C1CCN(C)CC1)C(N)=O. The number of hydrogen-bond acceptors (Lipinski definition) is 4. The fourth-order valence-corrected chi connectivity index (χ4v) is 2.34. The summed E-state index contributed by atoms with van der Waals surface area (Å²) in [4.78, 5) is 16.0. The quantitative estimate of drug-likeness (QED) is 0.681. The summed E-state index contributed by atoms with van der Waals surface area (Å²) >= 11 is 0. The molecule has 0 aromatic heterocycles. The van der Waals surface area contributed by atoms with E-state index in [1.165, 1.54) is 0 Å². The molecule has 0 bridgehead atoms. The van der Waals surface area contributed by atoms with E-state index in [-0.39, 0.29) is 5.91 Å². The lowest BCUT2D eigenvalue weighted by atomic mass is 9.97. The highest BCUT2D eigenvalue weighted by Crippen LogP contribution is 2.16. The van der Waals surface area contributed by atoms with Crippen LogP contribution in [0.2, 0.25) is 0 Å². The lowest BCUT2D eigenvalue weighted by Crippen LogP contribution is -2.59. The molecule has 1 unspecified atom stereocenters.